The number of nitrogens with zero attached hydrogens (tertiary/aromatic N) is 1. The molecule has 0 saturated heterocycles. The molecule has 2 aromatic rings. The molecule has 6 nitrogen and oxygen atoms in total. The highest BCUT2D eigenvalue weighted by Gasteiger charge is 2.48. The van der Waals surface area contributed by atoms with E-state index < -0.39 is 27.8 Å². The summed E-state index contributed by atoms with van der Waals surface area (Å²) < 4.78 is 43.7. The molecule has 0 radical (unpaired) electrons. The van der Waals surface area contributed by atoms with E-state index in [0.717, 1.165) is 11.1 Å². The van der Waals surface area contributed by atoms with Gasteiger partial charge in [-0.05, 0) is 37.6 Å². The molecule has 0 bridgehead atoms. The van der Waals surface area contributed by atoms with Crippen LogP contribution in [0.1, 0.15) is 31.0 Å². The van der Waals surface area contributed by atoms with E-state index in [4.69, 9.17) is 14.2 Å². The van der Waals surface area contributed by atoms with Gasteiger partial charge in [-0.25, -0.2) is 8.42 Å². The van der Waals surface area contributed by atoms with Gasteiger partial charge < -0.3 is 14.2 Å². The Morgan fingerprint density at radius 2 is 1.82 bits per heavy atom. The molecule has 2 aromatic carbocycles. The maximum atomic E-state index is 12.3. The zero-order valence-corrected chi connectivity index (χ0v) is 17.7. The number of benzene rings is 2. The minimum atomic E-state index is -3.45. The van der Waals surface area contributed by atoms with Crippen molar-refractivity contribution in [3.05, 3.63) is 59.7 Å². The molecular weight excluding hydrogens is 378 g/mol. The molecule has 0 aromatic heterocycles. The molecule has 0 unspecified atom stereocenters. The summed E-state index contributed by atoms with van der Waals surface area (Å²) in [5.41, 5.74) is 1.08. The van der Waals surface area contributed by atoms with E-state index in [2.05, 4.69) is 0 Å². The van der Waals surface area contributed by atoms with Crippen molar-refractivity contribution >= 4 is 10.0 Å². The van der Waals surface area contributed by atoms with Gasteiger partial charge >= 0.3 is 0 Å². The molecule has 28 heavy (non-hydrogen) atoms. The molecule has 0 spiro atoms. The number of likely N-dealkylation sites (N-methyl/N-ethyl adjacent to an activating group) is 1. The second kappa shape index (κ2) is 7.73. The Balaban J connectivity index is 1.98. The van der Waals surface area contributed by atoms with E-state index in [9.17, 15) is 8.42 Å². The third-order valence-electron chi connectivity index (χ3n) is 5.06. The predicted molar refractivity (Wildman–Crippen MR) is 108 cm³/mol. The van der Waals surface area contributed by atoms with Crippen LogP contribution in [0.3, 0.4) is 0 Å². The normalized spacial score (nSPS) is 21.1. The molecule has 0 saturated carbocycles. The average molecular weight is 406 g/mol. The maximum Gasteiger partial charge on any atom is 0.211 e. The number of methoxy groups -OCH3 is 1. The van der Waals surface area contributed by atoms with Crippen LogP contribution in [0, 0.1) is 0 Å². The van der Waals surface area contributed by atoms with E-state index in [1.165, 1.54) is 10.6 Å². The molecular formula is C21H27NO5S. The van der Waals surface area contributed by atoms with Gasteiger partial charge in [-0.2, -0.15) is 4.31 Å². The second-order valence-corrected chi connectivity index (χ2v) is 9.60. The maximum absolute atomic E-state index is 12.3. The topological polar surface area (TPSA) is 65.1 Å². The molecule has 0 amide bonds. The van der Waals surface area contributed by atoms with Gasteiger partial charge in [0, 0.05) is 19.7 Å². The fourth-order valence-electron chi connectivity index (χ4n) is 3.57. The molecule has 7 heteroatoms. The van der Waals surface area contributed by atoms with Crippen LogP contribution in [0.25, 0.3) is 0 Å². The summed E-state index contributed by atoms with van der Waals surface area (Å²) in [5, 5.41) is 0. The molecule has 2 atom stereocenters. The number of hydrogen-bond donors (Lipinski definition) is 0. The van der Waals surface area contributed by atoms with Gasteiger partial charge in [0.05, 0.1) is 12.3 Å². The van der Waals surface area contributed by atoms with Crippen LogP contribution in [0.5, 0.6) is 11.5 Å². The number of rotatable bonds is 6. The lowest BCUT2D eigenvalue weighted by molar-refractivity contribution is -0.0972. The highest BCUT2D eigenvalue weighted by molar-refractivity contribution is 7.88. The number of fused-ring (bicyclic) bond motifs is 1. The fraction of sp³-hybridized carbons (Fsp3) is 0.429. The molecule has 152 valence electrons. The van der Waals surface area contributed by atoms with Gasteiger partial charge in [0.1, 0.15) is 29.8 Å². The summed E-state index contributed by atoms with van der Waals surface area (Å²) in [4.78, 5) is 0. The highest BCUT2D eigenvalue weighted by Crippen LogP contribution is 2.45. The fourth-order valence-corrected chi connectivity index (χ4v) is 4.21. The lowest BCUT2D eigenvalue weighted by atomic mass is 9.86. The SMILES string of the molecule is CO[C@@H]1[C@@H](N(C)S(C)(=O)=O)c2cc(OCc3ccccc3)ccc2OC1(C)C. The van der Waals surface area contributed by atoms with Crippen LogP contribution < -0.4 is 9.47 Å². The quantitative estimate of drug-likeness (QED) is 0.737. The van der Waals surface area contributed by atoms with Crippen molar-refractivity contribution in [1.82, 2.24) is 4.31 Å². The van der Waals surface area contributed by atoms with Crippen molar-refractivity contribution in [3.63, 3.8) is 0 Å². The van der Waals surface area contributed by atoms with Gasteiger partial charge in [0.15, 0.2) is 0 Å². The lowest BCUT2D eigenvalue weighted by Crippen LogP contribution is -2.54. The summed E-state index contributed by atoms with van der Waals surface area (Å²) >= 11 is 0. The van der Waals surface area contributed by atoms with Crippen molar-refractivity contribution in [2.75, 3.05) is 20.4 Å². The van der Waals surface area contributed by atoms with Crippen LogP contribution in [0.15, 0.2) is 48.5 Å². The Morgan fingerprint density at radius 3 is 2.43 bits per heavy atom. The minimum Gasteiger partial charge on any atom is -0.489 e. The Bertz CT molecular complexity index is 927. The van der Waals surface area contributed by atoms with Gasteiger partial charge in [0.2, 0.25) is 10.0 Å². The monoisotopic (exact) mass is 405 g/mol. The molecule has 0 aliphatic carbocycles. The third kappa shape index (κ3) is 4.16. The first kappa shape index (κ1) is 20.6. The average Bonchev–Trinajstić information content (AvgIpc) is 2.64. The summed E-state index contributed by atoms with van der Waals surface area (Å²) in [6, 6.07) is 14.8. The van der Waals surface area contributed by atoms with Gasteiger partial charge in [0.25, 0.3) is 0 Å². The van der Waals surface area contributed by atoms with Crippen LogP contribution in [0.2, 0.25) is 0 Å². The lowest BCUT2D eigenvalue weighted by Gasteiger charge is -2.46. The summed E-state index contributed by atoms with van der Waals surface area (Å²) in [6.45, 7) is 4.21. The summed E-state index contributed by atoms with van der Waals surface area (Å²) in [6.07, 6.45) is 0.710. The number of sulfonamides is 1. The Labute approximate surface area is 167 Å². The third-order valence-corrected chi connectivity index (χ3v) is 6.34. The van der Waals surface area contributed by atoms with Gasteiger partial charge in [-0.15, -0.1) is 0 Å². The highest BCUT2D eigenvalue weighted by atomic mass is 32.2. The Kier molecular flexibility index (Phi) is 5.70. The minimum absolute atomic E-state index is 0.423. The molecule has 1 aliphatic heterocycles. The van der Waals surface area contributed by atoms with Crippen LogP contribution in [-0.4, -0.2) is 44.8 Å². The van der Waals surface area contributed by atoms with E-state index in [1.807, 2.05) is 62.4 Å². The molecule has 1 aliphatic rings. The van der Waals surface area contributed by atoms with E-state index >= 15 is 0 Å². The van der Waals surface area contributed by atoms with E-state index in [-0.39, 0.29) is 0 Å². The first-order valence-corrected chi connectivity index (χ1v) is 10.9. The molecule has 0 N–H and O–H groups in total. The van der Waals surface area contributed by atoms with Crippen molar-refractivity contribution in [2.45, 2.75) is 38.2 Å². The Morgan fingerprint density at radius 1 is 1.14 bits per heavy atom. The molecule has 3 rings (SSSR count). The first-order chi connectivity index (χ1) is 13.1. The van der Waals surface area contributed by atoms with E-state index in [0.29, 0.717) is 18.1 Å². The summed E-state index contributed by atoms with van der Waals surface area (Å²) in [5.74, 6) is 1.28. The largest absolute Gasteiger partial charge is 0.489 e. The van der Waals surface area contributed by atoms with Crippen molar-refractivity contribution in [3.8, 4) is 11.5 Å². The Hall–Kier alpha value is -2.09. The zero-order valence-electron chi connectivity index (χ0n) is 16.9. The van der Waals surface area contributed by atoms with Crippen LogP contribution in [-0.2, 0) is 21.4 Å². The van der Waals surface area contributed by atoms with Gasteiger partial charge in [-0.1, -0.05) is 30.3 Å². The molecule has 0 fully saturated rings. The zero-order chi connectivity index (χ0) is 20.5. The summed E-state index contributed by atoms with van der Waals surface area (Å²) in [7, 11) is -0.316. The van der Waals surface area contributed by atoms with Crippen molar-refractivity contribution in [1.29, 1.82) is 0 Å². The van der Waals surface area contributed by atoms with Gasteiger partial charge in [-0.3, -0.25) is 0 Å². The van der Waals surface area contributed by atoms with Crippen LogP contribution in [0.4, 0.5) is 0 Å². The molecule has 1 heterocycles. The van der Waals surface area contributed by atoms with E-state index in [1.54, 1.807) is 14.2 Å². The smallest absolute Gasteiger partial charge is 0.211 e. The van der Waals surface area contributed by atoms with Crippen LogP contribution >= 0.6 is 0 Å². The van der Waals surface area contributed by atoms with Crippen molar-refractivity contribution in [2.24, 2.45) is 0 Å². The number of hydrogen-bond acceptors (Lipinski definition) is 5. The first-order valence-electron chi connectivity index (χ1n) is 9.09. The standard InChI is InChI=1S/C21H27NO5S/c1-21(2)20(25-4)19(22(3)28(5,23)24)17-13-16(11-12-18(17)27-21)26-14-15-9-7-6-8-10-15/h6-13,19-20H,14H2,1-5H3/t19-,20+/m0/s1. The second-order valence-electron chi connectivity index (χ2n) is 7.56. The predicted octanol–water partition coefficient (Wildman–Crippen LogP) is 3.38. The number of ether oxygens (including phenoxy) is 3. The van der Waals surface area contributed by atoms with Crippen molar-refractivity contribution < 1.29 is 22.6 Å².